The predicted molar refractivity (Wildman–Crippen MR) is 104 cm³/mol. The second-order valence-corrected chi connectivity index (χ2v) is 7.13. The lowest BCUT2D eigenvalue weighted by molar-refractivity contribution is -0.385. The minimum absolute atomic E-state index is 0.125. The molecule has 7 heteroatoms. The number of aryl methyl sites for hydroxylation is 1. The van der Waals surface area contributed by atoms with Gasteiger partial charge in [0.05, 0.1) is 10.5 Å². The molecule has 28 heavy (non-hydrogen) atoms. The molecular weight excluding hydrogens is 360 g/mol. The molecule has 0 spiro atoms. The van der Waals surface area contributed by atoms with E-state index in [0.29, 0.717) is 30.6 Å². The maximum Gasteiger partial charge on any atom is 0.335 e. The van der Waals surface area contributed by atoms with Crippen molar-refractivity contribution in [3.8, 4) is 0 Å². The number of likely N-dealkylation sites (tertiary alicyclic amines) is 1. The Labute approximate surface area is 162 Å². The largest absolute Gasteiger partial charge is 0.478 e. The number of para-hydroxylation sites is 1. The van der Waals surface area contributed by atoms with Gasteiger partial charge in [0.15, 0.2) is 0 Å². The number of carbonyl (C=O) groups is 2. The quantitative estimate of drug-likeness (QED) is 0.628. The average Bonchev–Trinajstić information content (AvgIpc) is 2.68. The highest BCUT2D eigenvalue weighted by atomic mass is 16.6. The van der Waals surface area contributed by atoms with Crippen LogP contribution in [0, 0.1) is 23.0 Å². The van der Waals surface area contributed by atoms with Gasteiger partial charge in [-0.1, -0.05) is 30.3 Å². The minimum Gasteiger partial charge on any atom is -0.478 e. The zero-order chi connectivity index (χ0) is 20.3. The summed E-state index contributed by atoms with van der Waals surface area (Å²) in [4.78, 5) is 36.7. The molecule has 0 bridgehead atoms. The number of rotatable bonds is 5. The van der Waals surface area contributed by atoms with Crippen LogP contribution in [-0.4, -0.2) is 39.9 Å². The third kappa shape index (κ3) is 4.03. The number of nitrogens with zero attached hydrogens (tertiary/aromatic N) is 2. The summed E-state index contributed by atoms with van der Waals surface area (Å²) in [6.07, 6.45) is 2.12. The number of nitro groups is 1. The van der Waals surface area contributed by atoms with E-state index in [1.807, 2.05) is 12.1 Å². The summed E-state index contributed by atoms with van der Waals surface area (Å²) < 4.78 is 0. The number of amides is 1. The molecule has 0 saturated carbocycles. The Morgan fingerprint density at radius 2 is 1.75 bits per heavy atom. The topological polar surface area (TPSA) is 101 Å². The molecule has 1 aliphatic heterocycles. The Bertz CT molecular complexity index is 917. The molecule has 2 aromatic carbocycles. The molecule has 1 saturated heterocycles. The number of carboxylic acids is 1. The summed E-state index contributed by atoms with van der Waals surface area (Å²) in [5, 5.41) is 20.7. The zero-order valence-electron chi connectivity index (χ0n) is 15.6. The van der Waals surface area contributed by atoms with E-state index in [1.54, 1.807) is 36.1 Å². The van der Waals surface area contributed by atoms with E-state index in [0.717, 1.165) is 18.4 Å². The van der Waals surface area contributed by atoms with Crippen molar-refractivity contribution in [2.75, 3.05) is 13.1 Å². The van der Waals surface area contributed by atoms with Crippen molar-refractivity contribution in [3.05, 3.63) is 74.8 Å². The predicted octanol–water partition coefficient (Wildman–Crippen LogP) is 3.70. The minimum atomic E-state index is -0.935. The molecule has 1 N–H and O–H groups in total. The highest BCUT2D eigenvalue weighted by molar-refractivity contribution is 5.98. The smallest absolute Gasteiger partial charge is 0.335 e. The number of benzene rings is 2. The van der Waals surface area contributed by atoms with Gasteiger partial charge in [0.1, 0.15) is 5.56 Å². The fourth-order valence-corrected chi connectivity index (χ4v) is 3.80. The molecule has 1 fully saturated rings. The summed E-state index contributed by atoms with van der Waals surface area (Å²) in [5.74, 6) is -0.980. The lowest BCUT2D eigenvalue weighted by Crippen LogP contribution is -2.39. The Morgan fingerprint density at radius 1 is 1.11 bits per heavy atom. The summed E-state index contributed by atoms with van der Waals surface area (Å²) >= 11 is 0. The molecule has 0 unspecified atom stereocenters. The van der Waals surface area contributed by atoms with Crippen molar-refractivity contribution in [2.45, 2.75) is 26.2 Å². The SMILES string of the molecule is Cc1cccc(C(=O)N2CCC(Cc3ccccc3C(=O)O)CC2)c1[N+](=O)[O-]. The van der Waals surface area contributed by atoms with Gasteiger partial charge in [-0.3, -0.25) is 14.9 Å². The van der Waals surface area contributed by atoms with Gasteiger partial charge in [0.2, 0.25) is 0 Å². The fourth-order valence-electron chi connectivity index (χ4n) is 3.80. The molecule has 0 atom stereocenters. The van der Waals surface area contributed by atoms with Crippen molar-refractivity contribution < 1.29 is 19.6 Å². The zero-order valence-corrected chi connectivity index (χ0v) is 15.6. The molecule has 7 nitrogen and oxygen atoms in total. The molecule has 2 aromatic rings. The van der Waals surface area contributed by atoms with Gasteiger partial charge in [-0.05, 0) is 49.8 Å². The summed E-state index contributed by atoms with van der Waals surface area (Å²) in [5.41, 5.74) is 1.58. The van der Waals surface area contributed by atoms with Gasteiger partial charge in [0.25, 0.3) is 11.6 Å². The van der Waals surface area contributed by atoms with E-state index in [1.165, 1.54) is 6.07 Å². The van der Waals surface area contributed by atoms with Crippen LogP contribution in [0.4, 0.5) is 5.69 Å². The van der Waals surface area contributed by atoms with Gasteiger partial charge in [-0.25, -0.2) is 4.79 Å². The van der Waals surface area contributed by atoms with Crippen LogP contribution in [0.15, 0.2) is 42.5 Å². The number of hydrogen-bond donors (Lipinski definition) is 1. The highest BCUT2D eigenvalue weighted by Gasteiger charge is 2.29. The number of hydrogen-bond acceptors (Lipinski definition) is 4. The Hall–Kier alpha value is -3.22. The number of aromatic carboxylic acids is 1. The maximum absolute atomic E-state index is 12.8. The number of piperidine rings is 1. The van der Waals surface area contributed by atoms with Gasteiger partial charge in [-0.2, -0.15) is 0 Å². The van der Waals surface area contributed by atoms with Crippen LogP contribution in [-0.2, 0) is 6.42 Å². The molecule has 146 valence electrons. The maximum atomic E-state index is 12.8. The van der Waals surface area contributed by atoms with Crippen molar-refractivity contribution in [2.24, 2.45) is 5.92 Å². The molecule has 1 heterocycles. The first-order chi connectivity index (χ1) is 13.4. The first-order valence-electron chi connectivity index (χ1n) is 9.23. The molecule has 3 rings (SSSR count). The van der Waals surface area contributed by atoms with Gasteiger partial charge in [-0.15, -0.1) is 0 Å². The Morgan fingerprint density at radius 3 is 2.39 bits per heavy atom. The fraction of sp³-hybridized carbons (Fsp3) is 0.333. The van der Waals surface area contributed by atoms with Crippen LogP contribution in [0.1, 0.15) is 44.7 Å². The van der Waals surface area contributed by atoms with Crippen molar-refractivity contribution in [1.82, 2.24) is 4.90 Å². The van der Waals surface area contributed by atoms with Crippen molar-refractivity contribution in [3.63, 3.8) is 0 Å². The molecule has 0 radical (unpaired) electrons. The van der Waals surface area contributed by atoms with Gasteiger partial charge >= 0.3 is 5.97 Å². The van der Waals surface area contributed by atoms with Gasteiger partial charge in [0, 0.05) is 18.7 Å². The molecule has 0 aromatic heterocycles. The summed E-state index contributed by atoms with van der Waals surface area (Å²) in [6.45, 7) is 2.63. The summed E-state index contributed by atoms with van der Waals surface area (Å²) in [7, 11) is 0. The third-order valence-corrected chi connectivity index (χ3v) is 5.31. The van der Waals surface area contributed by atoms with Crippen LogP contribution < -0.4 is 0 Å². The summed E-state index contributed by atoms with van der Waals surface area (Å²) in [6, 6.07) is 11.8. The van der Waals surface area contributed by atoms with Crippen molar-refractivity contribution in [1.29, 1.82) is 0 Å². The van der Waals surface area contributed by atoms with Crippen LogP contribution in [0.5, 0.6) is 0 Å². The third-order valence-electron chi connectivity index (χ3n) is 5.31. The van der Waals surface area contributed by atoms with Crippen molar-refractivity contribution >= 4 is 17.6 Å². The first kappa shape index (κ1) is 19.5. The van der Waals surface area contributed by atoms with E-state index in [9.17, 15) is 24.8 Å². The lowest BCUT2D eigenvalue weighted by Gasteiger charge is -2.32. The van der Waals surface area contributed by atoms with Crippen LogP contribution in [0.3, 0.4) is 0 Å². The monoisotopic (exact) mass is 382 g/mol. The Kier molecular flexibility index (Phi) is 5.73. The normalized spacial score (nSPS) is 14.7. The lowest BCUT2D eigenvalue weighted by atomic mass is 9.88. The molecular formula is C21H22N2O5. The van der Waals surface area contributed by atoms with Crippen LogP contribution in [0.2, 0.25) is 0 Å². The molecule has 1 aliphatic rings. The second kappa shape index (κ2) is 8.21. The standard InChI is InChI=1S/C21H22N2O5/c1-14-5-4-8-18(19(14)23(27)28)20(24)22-11-9-15(10-12-22)13-16-6-2-3-7-17(16)21(25)26/h2-8,15H,9-13H2,1H3,(H,25,26). The van der Waals surface area contributed by atoms with E-state index in [4.69, 9.17) is 0 Å². The van der Waals surface area contributed by atoms with E-state index in [-0.39, 0.29) is 23.1 Å². The van der Waals surface area contributed by atoms with Crippen LogP contribution in [0.25, 0.3) is 0 Å². The van der Waals surface area contributed by atoms with Crippen LogP contribution >= 0.6 is 0 Å². The van der Waals surface area contributed by atoms with E-state index in [2.05, 4.69) is 0 Å². The highest BCUT2D eigenvalue weighted by Crippen LogP contribution is 2.28. The number of carboxylic acid groups (broad SMARTS) is 1. The first-order valence-corrected chi connectivity index (χ1v) is 9.23. The molecule has 1 amide bonds. The van der Waals surface area contributed by atoms with E-state index >= 15 is 0 Å². The average molecular weight is 382 g/mol. The second-order valence-electron chi connectivity index (χ2n) is 7.13. The van der Waals surface area contributed by atoms with E-state index < -0.39 is 10.9 Å². The molecule has 0 aliphatic carbocycles. The Balaban J connectivity index is 1.68. The number of carbonyl (C=O) groups excluding carboxylic acids is 1. The number of nitro benzene ring substituents is 1. The van der Waals surface area contributed by atoms with Gasteiger partial charge < -0.3 is 10.0 Å².